The fourth-order valence-electron chi connectivity index (χ4n) is 4.24. The van der Waals surface area contributed by atoms with Crippen molar-refractivity contribution < 1.29 is 4.74 Å². The van der Waals surface area contributed by atoms with Crippen molar-refractivity contribution in [2.75, 3.05) is 40.8 Å². The summed E-state index contributed by atoms with van der Waals surface area (Å²) in [6.07, 6.45) is 5.22. The molecular weight excluding hydrogens is 238 g/mol. The number of rotatable bonds is 4. The standard InChI is InChI=1S/C15H31N3O/c1-12-9-18(10-13(12)17(2)3)15(11-16)8-6-5-7-14(15)19-4/h12-14H,5-11,16H2,1-4H3. The third kappa shape index (κ3) is 2.68. The van der Waals surface area contributed by atoms with E-state index in [9.17, 15) is 0 Å². The van der Waals surface area contributed by atoms with Crippen molar-refractivity contribution in [1.82, 2.24) is 9.80 Å². The van der Waals surface area contributed by atoms with E-state index in [1.54, 1.807) is 0 Å². The Hall–Kier alpha value is -0.160. The van der Waals surface area contributed by atoms with Gasteiger partial charge >= 0.3 is 0 Å². The predicted molar refractivity (Wildman–Crippen MR) is 79.3 cm³/mol. The Balaban J connectivity index is 2.17. The van der Waals surface area contributed by atoms with Gasteiger partial charge in [-0.15, -0.1) is 0 Å². The molecule has 2 aliphatic rings. The number of nitrogens with two attached hydrogens (primary N) is 1. The molecule has 0 aromatic carbocycles. The van der Waals surface area contributed by atoms with Crippen molar-refractivity contribution in [2.24, 2.45) is 11.7 Å². The predicted octanol–water partition coefficient (Wildman–Crippen LogP) is 1.15. The van der Waals surface area contributed by atoms with E-state index in [2.05, 4.69) is 30.8 Å². The summed E-state index contributed by atoms with van der Waals surface area (Å²) >= 11 is 0. The van der Waals surface area contributed by atoms with Crippen molar-refractivity contribution in [2.45, 2.75) is 50.3 Å². The van der Waals surface area contributed by atoms with E-state index in [0.717, 1.165) is 26.1 Å². The first kappa shape index (κ1) is 15.2. The van der Waals surface area contributed by atoms with Gasteiger partial charge in [-0.3, -0.25) is 4.90 Å². The van der Waals surface area contributed by atoms with Crippen molar-refractivity contribution in [3.63, 3.8) is 0 Å². The first-order chi connectivity index (χ1) is 9.05. The van der Waals surface area contributed by atoms with Gasteiger partial charge in [-0.25, -0.2) is 0 Å². The number of nitrogens with zero attached hydrogens (tertiary/aromatic N) is 2. The van der Waals surface area contributed by atoms with E-state index in [0.29, 0.717) is 18.1 Å². The average molecular weight is 269 g/mol. The van der Waals surface area contributed by atoms with Crippen molar-refractivity contribution in [3.05, 3.63) is 0 Å². The van der Waals surface area contributed by atoms with Crippen molar-refractivity contribution in [3.8, 4) is 0 Å². The van der Waals surface area contributed by atoms with Gasteiger partial charge in [0.05, 0.1) is 11.6 Å². The van der Waals surface area contributed by atoms with Gasteiger partial charge in [0.25, 0.3) is 0 Å². The molecule has 112 valence electrons. The maximum absolute atomic E-state index is 6.22. The topological polar surface area (TPSA) is 41.7 Å². The summed E-state index contributed by atoms with van der Waals surface area (Å²) in [5.74, 6) is 0.706. The maximum Gasteiger partial charge on any atom is 0.0767 e. The zero-order valence-corrected chi connectivity index (χ0v) is 13.1. The molecule has 1 saturated heterocycles. The van der Waals surface area contributed by atoms with Crippen LogP contribution in [0.2, 0.25) is 0 Å². The molecule has 4 unspecified atom stereocenters. The highest BCUT2D eigenvalue weighted by atomic mass is 16.5. The summed E-state index contributed by atoms with van der Waals surface area (Å²) < 4.78 is 5.81. The fourth-order valence-corrected chi connectivity index (χ4v) is 4.24. The molecule has 0 radical (unpaired) electrons. The van der Waals surface area contributed by atoms with E-state index in [-0.39, 0.29) is 5.54 Å². The molecule has 1 aliphatic heterocycles. The van der Waals surface area contributed by atoms with Crippen LogP contribution in [0.4, 0.5) is 0 Å². The van der Waals surface area contributed by atoms with Gasteiger partial charge in [-0.1, -0.05) is 19.8 Å². The highest BCUT2D eigenvalue weighted by molar-refractivity contribution is 5.05. The van der Waals surface area contributed by atoms with Crippen molar-refractivity contribution in [1.29, 1.82) is 0 Å². The molecule has 0 aromatic rings. The van der Waals surface area contributed by atoms with Crippen LogP contribution in [-0.4, -0.2) is 68.3 Å². The van der Waals surface area contributed by atoms with Gasteiger partial charge in [0.2, 0.25) is 0 Å². The summed E-state index contributed by atoms with van der Waals surface area (Å²) in [5.41, 5.74) is 6.29. The van der Waals surface area contributed by atoms with Gasteiger partial charge in [-0.05, 0) is 32.9 Å². The highest BCUT2D eigenvalue weighted by Crippen LogP contribution is 2.38. The first-order valence-electron chi connectivity index (χ1n) is 7.69. The molecule has 0 spiro atoms. The molecule has 0 bridgehead atoms. The van der Waals surface area contributed by atoms with Gasteiger partial charge in [0.15, 0.2) is 0 Å². The minimum atomic E-state index is 0.0754. The molecule has 0 amide bonds. The van der Waals surface area contributed by atoms with Crippen LogP contribution in [0, 0.1) is 5.92 Å². The molecule has 2 fully saturated rings. The Labute approximate surface area is 118 Å². The molecule has 2 N–H and O–H groups in total. The van der Waals surface area contributed by atoms with Crippen LogP contribution in [-0.2, 0) is 4.74 Å². The lowest BCUT2D eigenvalue weighted by atomic mass is 9.77. The van der Waals surface area contributed by atoms with E-state index < -0.39 is 0 Å². The fraction of sp³-hybridized carbons (Fsp3) is 1.00. The zero-order valence-electron chi connectivity index (χ0n) is 13.1. The lowest BCUT2D eigenvalue weighted by molar-refractivity contribution is -0.0690. The molecule has 4 heteroatoms. The molecule has 1 heterocycles. The molecule has 4 atom stereocenters. The van der Waals surface area contributed by atoms with Crippen LogP contribution in [0.15, 0.2) is 0 Å². The Bertz CT molecular complexity index is 297. The van der Waals surface area contributed by atoms with Crippen LogP contribution in [0.5, 0.6) is 0 Å². The third-order valence-corrected chi connectivity index (χ3v) is 5.43. The van der Waals surface area contributed by atoms with Gasteiger partial charge in [-0.2, -0.15) is 0 Å². The molecule has 1 saturated carbocycles. The van der Waals surface area contributed by atoms with Gasteiger partial charge < -0.3 is 15.4 Å². The van der Waals surface area contributed by atoms with E-state index >= 15 is 0 Å². The number of hydrogen-bond donors (Lipinski definition) is 1. The number of ether oxygens (including phenoxy) is 1. The monoisotopic (exact) mass is 269 g/mol. The number of likely N-dealkylation sites (tertiary alicyclic amines) is 1. The summed E-state index contributed by atoms with van der Waals surface area (Å²) in [7, 11) is 6.23. The van der Waals surface area contributed by atoms with Crippen LogP contribution < -0.4 is 5.73 Å². The number of hydrogen-bond acceptors (Lipinski definition) is 4. The molecule has 1 aliphatic carbocycles. The van der Waals surface area contributed by atoms with Crippen LogP contribution in [0.3, 0.4) is 0 Å². The van der Waals surface area contributed by atoms with E-state index in [4.69, 9.17) is 10.5 Å². The van der Waals surface area contributed by atoms with Crippen LogP contribution >= 0.6 is 0 Å². The number of likely N-dealkylation sites (N-methyl/N-ethyl adjacent to an activating group) is 1. The quantitative estimate of drug-likeness (QED) is 0.831. The lowest BCUT2D eigenvalue weighted by Crippen LogP contribution is -2.62. The molecule has 4 nitrogen and oxygen atoms in total. The second-order valence-corrected chi connectivity index (χ2v) is 6.69. The van der Waals surface area contributed by atoms with Crippen LogP contribution in [0.25, 0.3) is 0 Å². The largest absolute Gasteiger partial charge is 0.379 e. The third-order valence-electron chi connectivity index (χ3n) is 5.43. The molecule has 2 rings (SSSR count). The molecule has 0 aromatic heterocycles. The first-order valence-corrected chi connectivity index (χ1v) is 7.69. The second-order valence-electron chi connectivity index (χ2n) is 6.69. The lowest BCUT2D eigenvalue weighted by Gasteiger charge is -2.49. The Morgan fingerprint density at radius 2 is 2.05 bits per heavy atom. The molecule has 19 heavy (non-hydrogen) atoms. The van der Waals surface area contributed by atoms with Crippen LogP contribution in [0.1, 0.15) is 32.6 Å². The van der Waals surface area contributed by atoms with Crippen molar-refractivity contribution >= 4 is 0 Å². The highest BCUT2D eigenvalue weighted by Gasteiger charge is 2.48. The smallest absolute Gasteiger partial charge is 0.0767 e. The Morgan fingerprint density at radius 1 is 1.32 bits per heavy atom. The second kappa shape index (κ2) is 6.08. The normalized spacial score (nSPS) is 41.1. The average Bonchev–Trinajstić information content (AvgIpc) is 2.81. The maximum atomic E-state index is 6.22. The van der Waals surface area contributed by atoms with Gasteiger partial charge in [0, 0.05) is 32.8 Å². The SMILES string of the molecule is COC1CCCCC1(CN)N1CC(C)C(N(C)C)C1. The van der Waals surface area contributed by atoms with Gasteiger partial charge in [0.1, 0.15) is 0 Å². The van der Waals surface area contributed by atoms with E-state index in [1.165, 1.54) is 19.3 Å². The van der Waals surface area contributed by atoms with E-state index in [1.807, 2.05) is 7.11 Å². The Morgan fingerprint density at radius 3 is 2.58 bits per heavy atom. The minimum absolute atomic E-state index is 0.0754. The summed E-state index contributed by atoms with van der Waals surface area (Å²) in [6.45, 7) is 5.36. The summed E-state index contributed by atoms with van der Waals surface area (Å²) in [5, 5.41) is 0. The summed E-state index contributed by atoms with van der Waals surface area (Å²) in [4.78, 5) is 5.00. The molecular formula is C15H31N3O. The Kier molecular flexibility index (Phi) is 4.88. The zero-order chi connectivity index (χ0) is 14.0. The number of methoxy groups -OCH3 is 1. The minimum Gasteiger partial charge on any atom is -0.379 e. The summed E-state index contributed by atoms with van der Waals surface area (Å²) in [6, 6.07) is 0.642.